The quantitative estimate of drug-likeness (QED) is 0.778. The van der Waals surface area contributed by atoms with E-state index in [1.54, 1.807) is 12.1 Å². The lowest BCUT2D eigenvalue weighted by Crippen LogP contribution is -2.36. The number of nitrogens with two attached hydrogens (primary N) is 1. The van der Waals surface area contributed by atoms with Crippen molar-refractivity contribution in [3.05, 3.63) is 35.9 Å². The Hall–Kier alpha value is -2.04. The molecule has 0 heterocycles. The Morgan fingerprint density at radius 1 is 1.21 bits per heavy atom. The lowest BCUT2D eigenvalue weighted by Gasteiger charge is -2.07. The van der Waals surface area contributed by atoms with E-state index in [1.807, 2.05) is 18.2 Å². The minimum absolute atomic E-state index is 0.112. The van der Waals surface area contributed by atoms with Gasteiger partial charge >= 0.3 is 12.0 Å². The van der Waals surface area contributed by atoms with E-state index in [4.69, 9.17) is 10.8 Å². The molecule has 1 aromatic rings. The van der Waals surface area contributed by atoms with Crippen LogP contribution in [-0.2, 0) is 11.2 Å². The number of aliphatic carboxylic acids is 1. The zero-order valence-corrected chi connectivity index (χ0v) is 10.8. The van der Waals surface area contributed by atoms with Crippen molar-refractivity contribution in [2.24, 2.45) is 5.73 Å². The monoisotopic (exact) mass is 264 g/mol. The molecule has 0 bridgehead atoms. The minimum atomic E-state index is -0.786. The molecule has 104 valence electrons. The molecule has 0 saturated heterocycles. The van der Waals surface area contributed by atoms with Gasteiger partial charge in [-0.3, -0.25) is 4.79 Å². The van der Waals surface area contributed by atoms with E-state index in [1.165, 1.54) is 12.8 Å². The number of amides is 2. The Morgan fingerprint density at radius 3 is 2.26 bits per heavy atom. The molecule has 0 spiro atoms. The van der Waals surface area contributed by atoms with Gasteiger partial charge in [0.2, 0.25) is 0 Å². The molecule has 0 atom stereocenters. The normalized spacial score (nSPS) is 14.3. The van der Waals surface area contributed by atoms with E-state index < -0.39 is 5.97 Å². The number of carboxylic acids is 1. The zero-order chi connectivity index (χ0) is 14.1. The van der Waals surface area contributed by atoms with Crippen LogP contribution in [0.25, 0.3) is 0 Å². The highest BCUT2D eigenvalue weighted by molar-refractivity contribution is 5.72. The fourth-order valence-electron chi connectivity index (χ4n) is 2.04. The Labute approximate surface area is 112 Å². The fourth-order valence-corrected chi connectivity index (χ4v) is 2.04. The maximum Gasteiger partial charge on any atom is 0.312 e. The number of benzene rings is 1. The van der Waals surface area contributed by atoms with Crippen LogP contribution in [0.1, 0.15) is 31.2 Å². The third kappa shape index (κ3) is 7.08. The summed E-state index contributed by atoms with van der Waals surface area (Å²) in [6.45, 7) is 0. The molecular weight excluding hydrogens is 244 g/mol. The number of carboxylic acid groups (broad SMARTS) is 1. The highest BCUT2D eigenvalue weighted by Gasteiger charge is 2.14. The first-order valence-corrected chi connectivity index (χ1v) is 6.39. The van der Waals surface area contributed by atoms with E-state index in [0.717, 1.165) is 18.4 Å². The molecular formula is C14H20N2O3. The number of hydrogen-bond donors (Lipinski definition) is 3. The molecule has 1 aliphatic carbocycles. The second-order valence-electron chi connectivity index (χ2n) is 4.55. The van der Waals surface area contributed by atoms with Crippen molar-refractivity contribution in [3.63, 3.8) is 0 Å². The van der Waals surface area contributed by atoms with Crippen LogP contribution in [0.5, 0.6) is 0 Å². The molecule has 5 heteroatoms. The first kappa shape index (κ1) is 15.0. The maximum atomic E-state index is 10.3. The smallest absolute Gasteiger partial charge is 0.312 e. The topological polar surface area (TPSA) is 92.4 Å². The van der Waals surface area contributed by atoms with Gasteiger partial charge in [-0.1, -0.05) is 43.2 Å². The molecule has 5 nitrogen and oxygen atoms in total. The van der Waals surface area contributed by atoms with E-state index in [0.29, 0.717) is 6.04 Å². The number of hydrogen-bond acceptors (Lipinski definition) is 2. The lowest BCUT2D eigenvalue weighted by atomic mass is 10.2. The fraction of sp³-hybridized carbons (Fsp3) is 0.429. The summed E-state index contributed by atoms with van der Waals surface area (Å²) in [5.41, 5.74) is 5.76. The van der Waals surface area contributed by atoms with Gasteiger partial charge in [-0.15, -0.1) is 0 Å². The van der Waals surface area contributed by atoms with Crippen molar-refractivity contribution in [2.75, 3.05) is 0 Å². The van der Waals surface area contributed by atoms with Crippen molar-refractivity contribution in [2.45, 2.75) is 38.1 Å². The van der Waals surface area contributed by atoms with Gasteiger partial charge in [0, 0.05) is 6.04 Å². The van der Waals surface area contributed by atoms with E-state index in [9.17, 15) is 9.59 Å². The summed E-state index contributed by atoms with van der Waals surface area (Å²) in [6.07, 6.45) is 4.77. The number of nitrogens with one attached hydrogen (secondary N) is 1. The molecule has 0 aromatic heterocycles. The summed E-state index contributed by atoms with van der Waals surface area (Å²) in [6, 6.07) is 9.11. The average Bonchev–Trinajstić information content (AvgIpc) is 2.82. The maximum absolute atomic E-state index is 10.3. The first-order valence-electron chi connectivity index (χ1n) is 6.39. The molecule has 2 amide bonds. The summed E-state index contributed by atoms with van der Waals surface area (Å²) in [7, 11) is 0. The molecule has 1 saturated carbocycles. The van der Waals surface area contributed by atoms with E-state index >= 15 is 0 Å². The predicted molar refractivity (Wildman–Crippen MR) is 72.8 cm³/mol. The van der Waals surface area contributed by atoms with Crippen LogP contribution in [0.3, 0.4) is 0 Å². The van der Waals surface area contributed by atoms with Crippen LogP contribution in [0.15, 0.2) is 30.3 Å². The molecule has 1 aliphatic rings. The third-order valence-corrected chi connectivity index (χ3v) is 2.90. The van der Waals surface area contributed by atoms with Crippen molar-refractivity contribution in [1.29, 1.82) is 0 Å². The predicted octanol–water partition coefficient (Wildman–Crippen LogP) is 1.91. The molecule has 1 fully saturated rings. The second kappa shape index (κ2) is 8.13. The van der Waals surface area contributed by atoms with Gasteiger partial charge in [-0.2, -0.15) is 0 Å². The largest absolute Gasteiger partial charge is 0.481 e. The van der Waals surface area contributed by atoms with Crippen LogP contribution in [0.4, 0.5) is 4.79 Å². The van der Waals surface area contributed by atoms with Gasteiger partial charge in [-0.25, -0.2) is 4.79 Å². The molecule has 1 aromatic carbocycles. The lowest BCUT2D eigenvalue weighted by molar-refractivity contribution is -0.136. The highest BCUT2D eigenvalue weighted by atomic mass is 16.4. The molecule has 0 aliphatic heterocycles. The van der Waals surface area contributed by atoms with Gasteiger partial charge in [0.05, 0.1) is 6.42 Å². The van der Waals surface area contributed by atoms with Crippen molar-refractivity contribution in [1.82, 2.24) is 5.32 Å². The van der Waals surface area contributed by atoms with Gasteiger partial charge in [0.25, 0.3) is 0 Å². The highest BCUT2D eigenvalue weighted by Crippen LogP contribution is 2.16. The summed E-state index contributed by atoms with van der Waals surface area (Å²) in [4.78, 5) is 20.4. The Morgan fingerprint density at radius 2 is 1.79 bits per heavy atom. The van der Waals surface area contributed by atoms with Crippen LogP contribution >= 0.6 is 0 Å². The molecule has 4 N–H and O–H groups in total. The summed E-state index contributed by atoms with van der Waals surface area (Å²) in [5.74, 6) is -0.786. The number of rotatable bonds is 3. The second-order valence-corrected chi connectivity index (χ2v) is 4.55. The van der Waals surface area contributed by atoms with Crippen LogP contribution in [-0.4, -0.2) is 23.1 Å². The van der Waals surface area contributed by atoms with Crippen molar-refractivity contribution < 1.29 is 14.7 Å². The number of carbonyl (C=O) groups is 2. The standard InChI is InChI=1S/C8H8O2.C6H12N2O/c9-8(10)6-7-4-2-1-3-5-7;7-6(9)8-5-3-1-2-4-5/h1-5H,6H2,(H,9,10);5H,1-4H2,(H3,7,8,9). The van der Waals surface area contributed by atoms with Crippen molar-refractivity contribution in [3.8, 4) is 0 Å². The summed E-state index contributed by atoms with van der Waals surface area (Å²) < 4.78 is 0. The van der Waals surface area contributed by atoms with Crippen molar-refractivity contribution >= 4 is 12.0 Å². The zero-order valence-electron chi connectivity index (χ0n) is 10.8. The summed E-state index contributed by atoms with van der Waals surface area (Å²) in [5, 5.41) is 11.0. The Kier molecular flexibility index (Phi) is 6.43. The first-order chi connectivity index (χ1) is 9.08. The molecule has 19 heavy (non-hydrogen) atoms. The van der Waals surface area contributed by atoms with Crippen LogP contribution < -0.4 is 11.1 Å². The SMILES string of the molecule is NC(=O)NC1CCCC1.O=C(O)Cc1ccccc1. The number of urea groups is 1. The molecule has 0 radical (unpaired) electrons. The Bertz CT molecular complexity index is 400. The number of carbonyl (C=O) groups excluding carboxylic acids is 1. The average molecular weight is 264 g/mol. The molecule has 0 unspecified atom stereocenters. The van der Waals surface area contributed by atoms with Gasteiger partial charge in [-0.05, 0) is 18.4 Å². The van der Waals surface area contributed by atoms with Gasteiger partial charge < -0.3 is 16.2 Å². The minimum Gasteiger partial charge on any atom is -0.481 e. The third-order valence-electron chi connectivity index (χ3n) is 2.90. The van der Waals surface area contributed by atoms with E-state index in [-0.39, 0.29) is 12.5 Å². The van der Waals surface area contributed by atoms with Crippen LogP contribution in [0, 0.1) is 0 Å². The Balaban J connectivity index is 0.000000191. The summed E-state index contributed by atoms with van der Waals surface area (Å²) >= 11 is 0. The van der Waals surface area contributed by atoms with E-state index in [2.05, 4.69) is 5.32 Å². The van der Waals surface area contributed by atoms with Gasteiger partial charge in [0.1, 0.15) is 0 Å². The van der Waals surface area contributed by atoms with Crippen LogP contribution in [0.2, 0.25) is 0 Å². The molecule has 2 rings (SSSR count). The van der Waals surface area contributed by atoms with Gasteiger partial charge in [0.15, 0.2) is 0 Å². The number of primary amides is 1.